The number of anilines is 1. The van der Waals surface area contributed by atoms with Crippen molar-refractivity contribution >= 4 is 34.3 Å². The van der Waals surface area contributed by atoms with Crippen LogP contribution in [0.4, 0.5) is 5.13 Å². The number of carbonyl (C=O) groups excluding carboxylic acids is 3. The first-order valence-electron chi connectivity index (χ1n) is 10.00. The van der Waals surface area contributed by atoms with E-state index in [2.05, 4.69) is 20.8 Å². The fourth-order valence-corrected chi connectivity index (χ4v) is 3.49. The minimum Gasteiger partial charge on any atom is -0.466 e. The number of esters is 1. The average molecular weight is 433 g/mol. The van der Waals surface area contributed by atoms with Crippen molar-refractivity contribution < 1.29 is 19.1 Å². The maximum absolute atomic E-state index is 12.8. The minimum absolute atomic E-state index is 0.0230. The molecule has 0 saturated heterocycles. The van der Waals surface area contributed by atoms with Crippen molar-refractivity contribution in [2.75, 3.05) is 11.9 Å². The fraction of sp³-hybridized carbons (Fsp3) is 0.476. The van der Waals surface area contributed by atoms with Crippen molar-refractivity contribution in [2.24, 2.45) is 5.92 Å². The molecule has 2 atom stereocenters. The lowest BCUT2D eigenvalue weighted by molar-refractivity contribution is -0.144. The van der Waals surface area contributed by atoms with Crippen molar-refractivity contribution in [1.29, 1.82) is 0 Å². The van der Waals surface area contributed by atoms with E-state index in [1.165, 1.54) is 11.3 Å². The summed E-state index contributed by atoms with van der Waals surface area (Å²) >= 11 is 1.27. The Morgan fingerprint density at radius 2 is 1.93 bits per heavy atom. The highest BCUT2D eigenvalue weighted by molar-refractivity contribution is 7.18. The summed E-state index contributed by atoms with van der Waals surface area (Å²) < 4.78 is 4.83. The number of aromatic nitrogens is 2. The van der Waals surface area contributed by atoms with Crippen LogP contribution in [0, 0.1) is 12.8 Å². The second-order valence-electron chi connectivity index (χ2n) is 7.01. The minimum atomic E-state index is -0.740. The highest BCUT2D eigenvalue weighted by atomic mass is 32.1. The standard InChI is InChI=1S/C21H28N4O4S/c1-5-14(4)18(22-16(26)10-11-17(27)29-6-2)19(28)23-21-25-24-20(30-21)15-9-7-8-13(3)12-15/h7-9,12,14,18H,5-6,10-11H2,1-4H3,(H,22,26)(H,23,25,28). The molecule has 0 bridgehead atoms. The van der Waals surface area contributed by atoms with Crippen LogP contribution in [0.1, 0.15) is 45.6 Å². The third-order valence-electron chi connectivity index (χ3n) is 4.59. The Hall–Kier alpha value is -2.81. The summed E-state index contributed by atoms with van der Waals surface area (Å²) in [6.07, 6.45) is 0.640. The molecule has 9 heteroatoms. The van der Waals surface area contributed by atoms with Gasteiger partial charge in [0.05, 0.1) is 13.0 Å². The molecule has 30 heavy (non-hydrogen) atoms. The lowest BCUT2D eigenvalue weighted by atomic mass is 9.98. The van der Waals surface area contributed by atoms with Crippen LogP contribution in [0.3, 0.4) is 0 Å². The van der Waals surface area contributed by atoms with Crippen molar-refractivity contribution in [2.45, 2.75) is 53.0 Å². The zero-order chi connectivity index (χ0) is 22.1. The summed E-state index contributed by atoms with van der Waals surface area (Å²) in [5.41, 5.74) is 2.04. The van der Waals surface area contributed by atoms with Crippen LogP contribution in [0.2, 0.25) is 0 Å². The topological polar surface area (TPSA) is 110 Å². The van der Waals surface area contributed by atoms with Crippen LogP contribution in [0.15, 0.2) is 24.3 Å². The largest absolute Gasteiger partial charge is 0.466 e. The van der Waals surface area contributed by atoms with Gasteiger partial charge in [-0.3, -0.25) is 19.7 Å². The van der Waals surface area contributed by atoms with Gasteiger partial charge in [-0.2, -0.15) is 0 Å². The normalized spacial score (nSPS) is 12.7. The van der Waals surface area contributed by atoms with E-state index in [0.717, 1.165) is 11.1 Å². The van der Waals surface area contributed by atoms with E-state index in [1.807, 2.05) is 45.0 Å². The lowest BCUT2D eigenvalue weighted by Gasteiger charge is -2.22. The van der Waals surface area contributed by atoms with Crippen LogP contribution in [0.25, 0.3) is 10.6 Å². The Morgan fingerprint density at radius 1 is 1.17 bits per heavy atom. The Bertz CT molecular complexity index is 883. The molecule has 2 unspecified atom stereocenters. The first-order chi connectivity index (χ1) is 14.3. The van der Waals surface area contributed by atoms with Gasteiger partial charge in [0, 0.05) is 12.0 Å². The molecule has 2 rings (SSSR count). The number of hydrogen-bond acceptors (Lipinski definition) is 7. The summed E-state index contributed by atoms with van der Waals surface area (Å²) in [5.74, 6) is -1.27. The highest BCUT2D eigenvalue weighted by Crippen LogP contribution is 2.27. The third-order valence-corrected chi connectivity index (χ3v) is 5.48. The molecule has 0 radical (unpaired) electrons. The third kappa shape index (κ3) is 6.91. The summed E-state index contributed by atoms with van der Waals surface area (Å²) in [6.45, 7) is 7.79. The Balaban J connectivity index is 2.01. The monoisotopic (exact) mass is 432 g/mol. The van der Waals surface area contributed by atoms with Gasteiger partial charge in [-0.25, -0.2) is 0 Å². The number of carbonyl (C=O) groups is 3. The Morgan fingerprint density at radius 3 is 2.60 bits per heavy atom. The number of aryl methyl sites for hydroxylation is 1. The maximum Gasteiger partial charge on any atom is 0.306 e. The fourth-order valence-electron chi connectivity index (χ4n) is 2.75. The predicted octanol–water partition coefficient (Wildman–Crippen LogP) is 3.33. The maximum atomic E-state index is 12.8. The molecule has 0 fully saturated rings. The zero-order valence-electron chi connectivity index (χ0n) is 17.7. The van der Waals surface area contributed by atoms with Gasteiger partial charge in [0.2, 0.25) is 16.9 Å². The van der Waals surface area contributed by atoms with Gasteiger partial charge in [0.25, 0.3) is 0 Å². The van der Waals surface area contributed by atoms with Gasteiger partial charge in [-0.1, -0.05) is 55.4 Å². The molecule has 1 aromatic heterocycles. The molecule has 0 aliphatic rings. The molecule has 0 aliphatic carbocycles. The molecular weight excluding hydrogens is 404 g/mol. The molecule has 2 amide bonds. The van der Waals surface area contributed by atoms with Crippen molar-refractivity contribution in [3.8, 4) is 10.6 Å². The van der Waals surface area contributed by atoms with Crippen molar-refractivity contribution in [1.82, 2.24) is 15.5 Å². The van der Waals surface area contributed by atoms with Gasteiger partial charge in [-0.15, -0.1) is 10.2 Å². The lowest BCUT2D eigenvalue weighted by Crippen LogP contribution is -2.47. The summed E-state index contributed by atoms with van der Waals surface area (Å²) in [5, 5.41) is 14.7. The van der Waals surface area contributed by atoms with Gasteiger partial charge < -0.3 is 10.1 Å². The molecule has 0 aliphatic heterocycles. The molecule has 8 nitrogen and oxygen atoms in total. The molecule has 162 valence electrons. The van der Waals surface area contributed by atoms with E-state index in [0.29, 0.717) is 16.6 Å². The highest BCUT2D eigenvalue weighted by Gasteiger charge is 2.27. The van der Waals surface area contributed by atoms with Crippen LogP contribution in [-0.4, -0.2) is 40.6 Å². The van der Waals surface area contributed by atoms with E-state index in [1.54, 1.807) is 6.92 Å². The molecule has 1 heterocycles. The quantitative estimate of drug-likeness (QED) is 0.557. The van der Waals surface area contributed by atoms with Crippen LogP contribution >= 0.6 is 11.3 Å². The number of ether oxygens (including phenoxy) is 1. The Kier molecular flexibility index (Phi) is 8.91. The van der Waals surface area contributed by atoms with Gasteiger partial charge in [-0.05, 0) is 25.8 Å². The van der Waals surface area contributed by atoms with Gasteiger partial charge in [0.15, 0.2) is 0 Å². The molecule has 2 aromatic rings. The summed E-state index contributed by atoms with van der Waals surface area (Å²) in [4.78, 5) is 36.5. The molecular formula is C21H28N4O4S. The summed E-state index contributed by atoms with van der Waals surface area (Å²) in [6, 6.07) is 7.13. The number of rotatable bonds is 10. The Labute approximate surface area is 180 Å². The molecule has 0 saturated carbocycles. The zero-order valence-corrected chi connectivity index (χ0v) is 18.5. The number of nitrogens with zero attached hydrogens (tertiary/aromatic N) is 2. The van der Waals surface area contributed by atoms with E-state index >= 15 is 0 Å². The first kappa shape index (κ1) is 23.5. The van der Waals surface area contributed by atoms with E-state index < -0.39 is 12.0 Å². The SMILES string of the molecule is CCOC(=O)CCC(=O)NC(C(=O)Nc1nnc(-c2cccc(C)c2)s1)C(C)CC. The van der Waals surface area contributed by atoms with E-state index in [4.69, 9.17) is 4.74 Å². The number of hydrogen-bond donors (Lipinski definition) is 2. The summed E-state index contributed by atoms with van der Waals surface area (Å²) in [7, 11) is 0. The van der Waals surface area contributed by atoms with Gasteiger partial charge >= 0.3 is 5.97 Å². The van der Waals surface area contributed by atoms with E-state index in [-0.39, 0.29) is 37.2 Å². The molecule has 0 spiro atoms. The second-order valence-corrected chi connectivity index (χ2v) is 7.98. The van der Waals surface area contributed by atoms with Crippen molar-refractivity contribution in [3.63, 3.8) is 0 Å². The molecule has 1 aromatic carbocycles. The number of amides is 2. The average Bonchev–Trinajstić information content (AvgIpc) is 3.18. The predicted molar refractivity (Wildman–Crippen MR) is 116 cm³/mol. The van der Waals surface area contributed by atoms with Crippen molar-refractivity contribution in [3.05, 3.63) is 29.8 Å². The second kappa shape index (κ2) is 11.4. The van der Waals surface area contributed by atoms with Gasteiger partial charge in [0.1, 0.15) is 11.0 Å². The number of nitrogens with one attached hydrogen (secondary N) is 2. The van der Waals surface area contributed by atoms with Crippen LogP contribution in [0.5, 0.6) is 0 Å². The first-order valence-corrected chi connectivity index (χ1v) is 10.8. The van der Waals surface area contributed by atoms with E-state index in [9.17, 15) is 14.4 Å². The smallest absolute Gasteiger partial charge is 0.306 e. The number of benzene rings is 1. The molecule has 2 N–H and O–H groups in total. The van der Waals surface area contributed by atoms with Crippen LogP contribution in [-0.2, 0) is 19.1 Å². The van der Waals surface area contributed by atoms with Crippen LogP contribution < -0.4 is 10.6 Å².